The first-order valence-corrected chi connectivity index (χ1v) is 5.13. The third-order valence-electron chi connectivity index (χ3n) is 2.65. The summed E-state index contributed by atoms with van der Waals surface area (Å²) in [5, 5.41) is 3.00. The van der Waals surface area contributed by atoms with Gasteiger partial charge < -0.3 is 5.73 Å². The van der Waals surface area contributed by atoms with Gasteiger partial charge in [0.25, 0.3) is 0 Å². The fourth-order valence-electron chi connectivity index (χ4n) is 1.23. The minimum absolute atomic E-state index is 0.278. The van der Waals surface area contributed by atoms with E-state index >= 15 is 0 Å². The summed E-state index contributed by atoms with van der Waals surface area (Å²) in [7, 11) is 0. The summed E-state index contributed by atoms with van der Waals surface area (Å²) in [6.07, 6.45) is 0. The van der Waals surface area contributed by atoms with Crippen molar-refractivity contribution in [1.82, 2.24) is 5.32 Å². The Morgan fingerprint density at radius 2 is 2.12 bits per heavy atom. The summed E-state index contributed by atoms with van der Waals surface area (Å²) in [6.45, 7) is 5.71. The number of amides is 1. The molecule has 0 spiro atoms. The molecule has 0 radical (unpaired) electrons. The highest BCUT2D eigenvalue weighted by atomic mass is 19.1. The maximum atomic E-state index is 13.0. The Balaban J connectivity index is 2.75. The van der Waals surface area contributed by atoms with Gasteiger partial charge in [0.15, 0.2) is 0 Å². The Morgan fingerprint density at radius 3 is 2.69 bits per heavy atom. The van der Waals surface area contributed by atoms with E-state index in [2.05, 4.69) is 5.32 Å². The molecule has 1 aromatic rings. The van der Waals surface area contributed by atoms with E-state index in [9.17, 15) is 9.18 Å². The molecule has 0 aliphatic heterocycles. The highest BCUT2D eigenvalue weighted by Gasteiger charge is 2.23. The molecule has 0 saturated carbocycles. The van der Waals surface area contributed by atoms with Crippen molar-refractivity contribution < 1.29 is 9.18 Å². The molecule has 0 aliphatic carbocycles. The Morgan fingerprint density at radius 1 is 1.50 bits per heavy atom. The number of carbonyl (C=O) groups is 1. The van der Waals surface area contributed by atoms with Gasteiger partial charge in [0.1, 0.15) is 5.82 Å². The second-order valence-electron chi connectivity index (χ2n) is 4.41. The van der Waals surface area contributed by atoms with E-state index in [1.54, 1.807) is 19.9 Å². The number of hydrogen-bond acceptors (Lipinski definition) is 2. The van der Waals surface area contributed by atoms with Crippen LogP contribution in [0, 0.1) is 12.7 Å². The number of carbonyl (C=O) groups excluding carboxylic acids is 1. The molecule has 0 saturated heterocycles. The lowest BCUT2D eigenvalue weighted by Crippen LogP contribution is -2.50. The molecule has 0 bridgehead atoms. The van der Waals surface area contributed by atoms with Crippen molar-refractivity contribution in [2.24, 2.45) is 5.73 Å². The van der Waals surface area contributed by atoms with Crippen LogP contribution in [-0.4, -0.2) is 11.4 Å². The van der Waals surface area contributed by atoms with Crippen LogP contribution >= 0.6 is 0 Å². The third kappa shape index (κ3) is 3.03. The standard InChI is InChI=1S/C12H17FN2O/c1-8-4-5-10(13)6-9(8)7-15-12(2,3)11(14)16/h4-6,15H,7H2,1-3H3,(H2,14,16). The monoisotopic (exact) mass is 224 g/mol. The smallest absolute Gasteiger partial charge is 0.237 e. The Labute approximate surface area is 94.8 Å². The van der Waals surface area contributed by atoms with E-state index in [4.69, 9.17) is 5.73 Å². The summed E-state index contributed by atoms with van der Waals surface area (Å²) in [5.74, 6) is -0.708. The van der Waals surface area contributed by atoms with Crippen LogP contribution in [0.5, 0.6) is 0 Å². The number of benzene rings is 1. The topological polar surface area (TPSA) is 55.1 Å². The SMILES string of the molecule is Cc1ccc(F)cc1CNC(C)(C)C(N)=O. The van der Waals surface area contributed by atoms with Gasteiger partial charge in [-0.3, -0.25) is 10.1 Å². The van der Waals surface area contributed by atoms with Gasteiger partial charge in [-0.15, -0.1) is 0 Å². The Kier molecular flexibility index (Phi) is 3.65. The first kappa shape index (κ1) is 12.6. The lowest BCUT2D eigenvalue weighted by molar-refractivity contribution is -0.123. The van der Waals surface area contributed by atoms with Crippen molar-refractivity contribution in [3.8, 4) is 0 Å². The number of nitrogens with one attached hydrogen (secondary N) is 1. The summed E-state index contributed by atoms with van der Waals surface area (Å²) in [5.41, 5.74) is 6.24. The number of hydrogen-bond donors (Lipinski definition) is 2. The fourth-order valence-corrected chi connectivity index (χ4v) is 1.23. The van der Waals surface area contributed by atoms with Crippen molar-refractivity contribution >= 4 is 5.91 Å². The van der Waals surface area contributed by atoms with Crippen molar-refractivity contribution in [3.05, 3.63) is 35.1 Å². The summed E-state index contributed by atoms with van der Waals surface area (Å²) < 4.78 is 13.0. The lowest BCUT2D eigenvalue weighted by Gasteiger charge is -2.22. The molecule has 0 atom stereocenters. The van der Waals surface area contributed by atoms with Gasteiger partial charge in [-0.2, -0.15) is 0 Å². The summed E-state index contributed by atoms with van der Waals surface area (Å²) in [6, 6.07) is 4.58. The molecule has 1 aromatic carbocycles. The van der Waals surface area contributed by atoms with Crippen LogP contribution in [-0.2, 0) is 11.3 Å². The zero-order valence-electron chi connectivity index (χ0n) is 9.80. The molecule has 1 amide bonds. The fraction of sp³-hybridized carbons (Fsp3) is 0.417. The van der Waals surface area contributed by atoms with Gasteiger partial charge >= 0.3 is 0 Å². The van der Waals surface area contributed by atoms with Crippen molar-refractivity contribution in [3.63, 3.8) is 0 Å². The first-order valence-electron chi connectivity index (χ1n) is 5.13. The van der Waals surface area contributed by atoms with Crippen LogP contribution in [0.4, 0.5) is 4.39 Å². The molecule has 0 heterocycles. The number of halogens is 1. The quantitative estimate of drug-likeness (QED) is 0.814. The Bertz CT molecular complexity index is 402. The molecule has 3 nitrogen and oxygen atoms in total. The molecule has 0 aliphatic rings. The predicted octanol–water partition coefficient (Wildman–Crippen LogP) is 1.49. The maximum absolute atomic E-state index is 13.0. The van der Waals surface area contributed by atoms with Crippen LogP contribution < -0.4 is 11.1 Å². The van der Waals surface area contributed by atoms with E-state index in [1.807, 2.05) is 6.92 Å². The molecular formula is C12H17FN2O. The molecule has 0 fully saturated rings. The molecule has 1 rings (SSSR count). The minimum atomic E-state index is -0.793. The summed E-state index contributed by atoms with van der Waals surface area (Å²) in [4.78, 5) is 11.1. The predicted molar refractivity (Wildman–Crippen MR) is 61.3 cm³/mol. The Hall–Kier alpha value is -1.42. The van der Waals surface area contributed by atoms with Gasteiger partial charge in [-0.1, -0.05) is 6.07 Å². The molecular weight excluding hydrogens is 207 g/mol. The number of aryl methyl sites for hydroxylation is 1. The molecule has 0 aromatic heterocycles. The van der Waals surface area contributed by atoms with Crippen LogP contribution in [0.25, 0.3) is 0 Å². The van der Waals surface area contributed by atoms with Gasteiger partial charge in [0.05, 0.1) is 5.54 Å². The highest BCUT2D eigenvalue weighted by molar-refractivity contribution is 5.83. The molecule has 0 unspecified atom stereocenters. The largest absolute Gasteiger partial charge is 0.368 e. The van der Waals surface area contributed by atoms with Crippen molar-refractivity contribution in [2.75, 3.05) is 0 Å². The molecule has 16 heavy (non-hydrogen) atoms. The maximum Gasteiger partial charge on any atom is 0.237 e. The van der Waals surface area contributed by atoms with Gasteiger partial charge in [-0.25, -0.2) is 4.39 Å². The average molecular weight is 224 g/mol. The van der Waals surface area contributed by atoms with Gasteiger partial charge in [-0.05, 0) is 44.0 Å². The summed E-state index contributed by atoms with van der Waals surface area (Å²) >= 11 is 0. The van der Waals surface area contributed by atoms with E-state index in [0.29, 0.717) is 6.54 Å². The van der Waals surface area contributed by atoms with E-state index in [0.717, 1.165) is 11.1 Å². The van der Waals surface area contributed by atoms with Crippen LogP contribution in [0.15, 0.2) is 18.2 Å². The number of rotatable bonds is 4. The van der Waals surface area contributed by atoms with Crippen LogP contribution in [0.3, 0.4) is 0 Å². The minimum Gasteiger partial charge on any atom is -0.368 e. The van der Waals surface area contributed by atoms with Crippen LogP contribution in [0.1, 0.15) is 25.0 Å². The second kappa shape index (κ2) is 4.61. The lowest BCUT2D eigenvalue weighted by atomic mass is 10.0. The molecule has 88 valence electrons. The molecule has 3 N–H and O–H groups in total. The van der Waals surface area contributed by atoms with E-state index < -0.39 is 11.4 Å². The first-order chi connectivity index (χ1) is 7.33. The van der Waals surface area contributed by atoms with Crippen molar-refractivity contribution in [1.29, 1.82) is 0 Å². The third-order valence-corrected chi connectivity index (χ3v) is 2.65. The van der Waals surface area contributed by atoms with Crippen LogP contribution in [0.2, 0.25) is 0 Å². The molecule has 4 heteroatoms. The van der Waals surface area contributed by atoms with E-state index in [-0.39, 0.29) is 5.82 Å². The normalized spacial score (nSPS) is 11.5. The van der Waals surface area contributed by atoms with Gasteiger partial charge in [0, 0.05) is 6.54 Å². The zero-order chi connectivity index (χ0) is 12.3. The number of nitrogens with two attached hydrogens (primary N) is 1. The second-order valence-corrected chi connectivity index (χ2v) is 4.41. The van der Waals surface area contributed by atoms with Crippen molar-refractivity contribution in [2.45, 2.75) is 32.9 Å². The average Bonchev–Trinajstić information content (AvgIpc) is 2.19. The van der Waals surface area contributed by atoms with E-state index in [1.165, 1.54) is 12.1 Å². The number of primary amides is 1. The highest BCUT2D eigenvalue weighted by Crippen LogP contribution is 2.11. The zero-order valence-corrected chi connectivity index (χ0v) is 9.80. The van der Waals surface area contributed by atoms with Gasteiger partial charge in [0.2, 0.25) is 5.91 Å².